The minimum absolute atomic E-state index is 0.606. The molecule has 0 unspecified atom stereocenters. The minimum Gasteiger partial charge on any atom is -0.336 e. The fourth-order valence-corrected chi connectivity index (χ4v) is 4.31. The lowest BCUT2D eigenvalue weighted by Crippen LogP contribution is -1.99. The first-order valence-electron chi connectivity index (χ1n) is 10.3. The Morgan fingerprint density at radius 3 is 2.32 bits per heavy atom. The van der Waals surface area contributed by atoms with Gasteiger partial charge in [-0.15, -0.1) is 10.2 Å². The van der Waals surface area contributed by atoms with Crippen molar-refractivity contribution >= 4 is 21.8 Å². The van der Waals surface area contributed by atoms with Crippen molar-refractivity contribution in [1.82, 2.24) is 25.2 Å². The van der Waals surface area contributed by atoms with E-state index < -0.39 is 0 Å². The number of hydrogen-bond donors (Lipinski definition) is 1. The van der Waals surface area contributed by atoms with Gasteiger partial charge in [0, 0.05) is 33.9 Å². The summed E-state index contributed by atoms with van der Waals surface area (Å²) in [5.41, 5.74) is 7.10. The summed E-state index contributed by atoms with van der Waals surface area (Å²) in [6.45, 7) is 0.798. The first-order valence-corrected chi connectivity index (χ1v) is 10.3. The van der Waals surface area contributed by atoms with Gasteiger partial charge in [-0.1, -0.05) is 66.7 Å². The average molecular weight is 401 g/mol. The van der Waals surface area contributed by atoms with Crippen LogP contribution < -0.4 is 0 Å². The summed E-state index contributed by atoms with van der Waals surface area (Å²) >= 11 is 0. The number of nitrogens with one attached hydrogen (secondary N) is 1. The standard InChI is InChI=1S/C26H19N5/c1-2-8-19(9-3-1)20-10-6-7-18(15-20)17-31-24-12-5-4-11-22(24)23-16-21(13-14-25(23)31)26-27-29-30-28-26/h1-16H,17H2,(H,27,28,29,30). The molecule has 5 heteroatoms. The predicted molar refractivity (Wildman–Crippen MR) is 124 cm³/mol. The molecule has 0 radical (unpaired) electrons. The van der Waals surface area contributed by atoms with Crippen LogP contribution in [-0.2, 0) is 6.54 Å². The molecule has 0 atom stereocenters. The molecular formula is C26H19N5. The molecule has 31 heavy (non-hydrogen) atoms. The number of benzene rings is 4. The molecule has 4 aromatic carbocycles. The quantitative estimate of drug-likeness (QED) is 0.413. The number of rotatable bonds is 4. The van der Waals surface area contributed by atoms with Crippen LogP contribution in [0.3, 0.4) is 0 Å². The van der Waals surface area contributed by atoms with Gasteiger partial charge in [0.15, 0.2) is 0 Å². The van der Waals surface area contributed by atoms with E-state index in [1.807, 2.05) is 6.07 Å². The molecule has 148 valence electrons. The highest BCUT2D eigenvalue weighted by Gasteiger charge is 2.13. The van der Waals surface area contributed by atoms with E-state index in [-0.39, 0.29) is 0 Å². The Morgan fingerprint density at radius 2 is 1.45 bits per heavy atom. The fourth-order valence-electron chi connectivity index (χ4n) is 4.31. The normalized spacial score (nSPS) is 11.4. The monoisotopic (exact) mass is 401 g/mol. The number of hydrogen-bond acceptors (Lipinski definition) is 3. The van der Waals surface area contributed by atoms with E-state index in [1.54, 1.807) is 0 Å². The highest BCUT2D eigenvalue weighted by molar-refractivity contribution is 6.09. The molecule has 0 aliphatic rings. The lowest BCUT2D eigenvalue weighted by molar-refractivity contribution is 0.869. The zero-order chi connectivity index (χ0) is 20.6. The van der Waals surface area contributed by atoms with Crippen molar-refractivity contribution in [2.24, 2.45) is 0 Å². The molecule has 0 aliphatic carbocycles. The van der Waals surface area contributed by atoms with Crippen LogP contribution in [-0.4, -0.2) is 25.2 Å². The molecule has 0 aliphatic heterocycles. The zero-order valence-corrected chi connectivity index (χ0v) is 16.7. The van der Waals surface area contributed by atoms with Crippen molar-refractivity contribution < 1.29 is 0 Å². The van der Waals surface area contributed by atoms with Gasteiger partial charge in [-0.2, -0.15) is 5.21 Å². The maximum Gasteiger partial charge on any atom is 0.204 e. The van der Waals surface area contributed by atoms with Gasteiger partial charge in [0.2, 0.25) is 5.82 Å². The third kappa shape index (κ3) is 3.07. The SMILES string of the molecule is c1ccc(-c2cccc(Cn3c4ccccc4c4cc(-c5nn[nH]n5)ccc43)c2)cc1. The summed E-state index contributed by atoms with van der Waals surface area (Å²) in [6, 6.07) is 34.2. The summed E-state index contributed by atoms with van der Waals surface area (Å²) in [6.07, 6.45) is 0. The summed E-state index contributed by atoms with van der Waals surface area (Å²) in [4.78, 5) is 0. The third-order valence-corrected chi connectivity index (χ3v) is 5.75. The number of aromatic amines is 1. The molecule has 0 bridgehead atoms. The van der Waals surface area contributed by atoms with Crippen molar-refractivity contribution in [1.29, 1.82) is 0 Å². The summed E-state index contributed by atoms with van der Waals surface area (Å²) < 4.78 is 2.38. The highest BCUT2D eigenvalue weighted by atomic mass is 15.5. The second-order valence-corrected chi connectivity index (χ2v) is 7.64. The molecule has 0 saturated carbocycles. The highest BCUT2D eigenvalue weighted by Crippen LogP contribution is 2.32. The third-order valence-electron chi connectivity index (χ3n) is 5.75. The predicted octanol–water partition coefficient (Wildman–Crippen LogP) is 5.69. The van der Waals surface area contributed by atoms with Crippen LogP contribution in [0.5, 0.6) is 0 Å². The Kier molecular flexibility index (Phi) is 4.10. The van der Waals surface area contributed by atoms with Gasteiger partial charge in [-0.05, 0) is 52.2 Å². The van der Waals surface area contributed by atoms with Crippen LogP contribution in [0.2, 0.25) is 0 Å². The zero-order valence-electron chi connectivity index (χ0n) is 16.7. The molecule has 2 aromatic heterocycles. The van der Waals surface area contributed by atoms with Gasteiger partial charge in [-0.3, -0.25) is 0 Å². The Labute approximate surface area is 179 Å². The molecule has 2 heterocycles. The molecule has 6 rings (SSSR count). The molecule has 0 fully saturated rings. The Morgan fingerprint density at radius 1 is 0.645 bits per heavy atom. The Balaban J connectivity index is 1.48. The molecule has 1 N–H and O–H groups in total. The Bertz CT molecular complexity index is 1500. The summed E-state index contributed by atoms with van der Waals surface area (Å²) in [7, 11) is 0. The van der Waals surface area contributed by atoms with E-state index >= 15 is 0 Å². The largest absolute Gasteiger partial charge is 0.336 e. The van der Waals surface area contributed by atoms with Crippen LogP contribution in [0.25, 0.3) is 44.3 Å². The summed E-state index contributed by atoms with van der Waals surface area (Å²) in [5.74, 6) is 0.606. The second-order valence-electron chi connectivity index (χ2n) is 7.64. The van der Waals surface area contributed by atoms with Gasteiger partial charge in [0.25, 0.3) is 0 Å². The number of fused-ring (bicyclic) bond motifs is 3. The fraction of sp³-hybridized carbons (Fsp3) is 0.0385. The van der Waals surface area contributed by atoms with E-state index in [9.17, 15) is 0 Å². The van der Waals surface area contributed by atoms with Gasteiger partial charge < -0.3 is 4.57 Å². The maximum absolute atomic E-state index is 4.13. The number of tetrazole rings is 1. The first kappa shape index (κ1) is 17.6. The van der Waals surface area contributed by atoms with Crippen molar-refractivity contribution in [2.45, 2.75) is 6.54 Å². The summed E-state index contributed by atoms with van der Waals surface area (Å²) in [5, 5.41) is 16.9. The molecule has 0 amide bonds. The first-order chi connectivity index (χ1) is 15.4. The van der Waals surface area contributed by atoms with E-state index in [1.165, 1.54) is 38.5 Å². The number of aromatic nitrogens is 5. The second kappa shape index (κ2) is 7.22. The lowest BCUT2D eigenvalue weighted by Gasteiger charge is -2.10. The number of para-hydroxylation sites is 1. The minimum atomic E-state index is 0.606. The average Bonchev–Trinajstić information content (AvgIpc) is 3.47. The van der Waals surface area contributed by atoms with E-state index in [0.717, 1.165) is 12.1 Å². The molecular weight excluding hydrogens is 382 g/mol. The van der Waals surface area contributed by atoms with Crippen LogP contribution in [0.15, 0.2) is 97.1 Å². The van der Waals surface area contributed by atoms with Crippen molar-refractivity contribution in [3.05, 3.63) is 103 Å². The molecule has 6 aromatic rings. The molecule has 5 nitrogen and oxygen atoms in total. The van der Waals surface area contributed by atoms with Crippen LogP contribution >= 0.6 is 0 Å². The van der Waals surface area contributed by atoms with E-state index in [2.05, 4.69) is 116 Å². The maximum atomic E-state index is 4.13. The molecule has 0 saturated heterocycles. The van der Waals surface area contributed by atoms with Crippen LogP contribution in [0.1, 0.15) is 5.56 Å². The lowest BCUT2D eigenvalue weighted by atomic mass is 10.0. The van der Waals surface area contributed by atoms with E-state index in [4.69, 9.17) is 0 Å². The number of H-pyrrole nitrogens is 1. The van der Waals surface area contributed by atoms with Gasteiger partial charge in [-0.25, -0.2) is 0 Å². The van der Waals surface area contributed by atoms with E-state index in [0.29, 0.717) is 5.82 Å². The van der Waals surface area contributed by atoms with Crippen LogP contribution in [0, 0.1) is 0 Å². The van der Waals surface area contributed by atoms with Gasteiger partial charge in [0.05, 0.1) is 0 Å². The van der Waals surface area contributed by atoms with Crippen molar-refractivity contribution in [3.8, 4) is 22.5 Å². The number of nitrogens with zero attached hydrogens (tertiary/aromatic N) is 4. The van der Waals surface area contributed by atoms with Gasteiger partial charge >= 0.3 is 0 Å². The van der Waals surface area contributed by atoms with Crippen LogP contribution in [0.4, 0.5) is 0 Å². The Hall–Kier alpha value is -4.25. The smallest absolute Gasteiger partial charge is 0.204 e. The van der Waals surface area contributed by atoms with Gasteiger partial charge in [0.1, 0.15) is 0 Å². The van der Waals surface area contributed by atoms with Crippen molar-refractivity contribution in [3.63, 3.8) is 0 Å². The van der Waals surface area contributed by atoms with Crippen molar-refractivity contribution in [2.75, 3.05) is 0 Å². The topological polar surface area (TPSA) is 59.4 Å². The molecule has 0 spiro atoms.